The number of fused-ring (bicyclic) bond motifs is 1. The molecule has 0 spiro atoms. The molecular formula is C21H22F2N2O3. The Labute approximate surface area is 162 Å². The predicted molar refractivity (Wildman–Crippen MR) is 101 cm³/mol. The van der Waals surface area contributed by atoms with E-state index in [9.17, 15) is 13.6 Å². The molecule has 4 rings (SSSR count). The Kier molecular flexibility index (Phi) is 5.07. The molecular weight excluding hydrogens is 366 g/mol. The molecule has 1 amide bonds. The van der Waals surface area contributed by atoms with E-state index in [-0.39, 0.29) is 0 Å². The first kappa shape index (κ1) is 18.5. The summed E-state index contributed by atoms with van der Waals surface area (Å²) in [5.74, 6) is 0.742. The monoisotopic (exact) mass is 388 g/mol. The van der Waals surface area contributed by atoms with Crippen LogP contribution in [0, 0.1) is 0 Å². The van der Waals surface area contributed by atoms with Crippen molar-refractivity contribution in [3.05, 3.63) is 53.6 Å². The number of ether oxygens (including phenoxy) is 2. The number of benzene rings is 2. The lowest BCUT2D eigenvalue weighted by molar-refractivity contribution is -0.132. The van der Waals surface area contributed by atoms with Gasteiger partial charge in [0, 0.05) is 30.8 Å². The van der Waals surface area contributed by atoms with Crippen molar-refractivity contribution in [3.63, 3.8) is 0 Å². The van der Waals surface area contributed by atoms with Crippen LogP contribution >= 0.6 is 0 Å². The molecule has 1 fully saturated rings. The first-order chi connectivity index (χ1) is 13.5. The summed E-state index contributed by atoms with van der Waals surface area (Å²) in [4.78, 5) is 13.4. The van der Waals surface area contributed by atoms with E-state index in [0.29, 0.717) is 19.1 Å². The fourth-order valence-corrected chi connectivity index (χ4v) is 3.55. The average molecular weight is 388 g/mol. The predicted octanol–water partition coefficient (Wildman–Crippen LogP) is 3.50. The second kappa shape index (κ2) is 7.66. The van der Waals surface area contributed by atoms with Gasteiger partial charge in [-0.25, -0.2) is 0 Å². The zero-order valence-corrected chi connectivity index (χ0v) is 15.5. The average Bonchev–Trinajstić information content (AvgIpc) is 2.67. The first-order valence-electron chi connectivity index (χ1n) is 9.34. The standard InChI is InChI=1S/C21H22F2N2O3/c1-13(24-21(26)20(22)23)14-2-4-15(5-3-14)16-11-25(12-16)17-6-7-18-19(10-17)28-9-8-27-18/h2-7,10,13,16,20H,8-9,11-12H2,1H3,(H,24,26). The molecule has 2 aromatic rings. The second-order valence-electron chi connectivity index (χ2n) is 7.13. The molecule has 0 aromatic heterocycles. The van der Waals surface area contributed by atoms with Crippen LogP contribution in [0.15, 0.2) is 42.5 Å². The minimum Gasteiger partial charge on any atom is -0.486 e. The molecule has 2 aliphatic heterocycles. The molecule has 2 heterocycles. The maximum absolute atomic E-state index is 12.4. The molecule has 1 atom stereocenters. The molecule has 0 saturated carbocycles. The zero-order chi connectivity index (χ0) is 19.7. The fraction of sp³-hybridized carbons (Fsp3) is 0.381. The van der Waals surface area contributed by atoms with Crippen LogP contribution in [0.4, 0.5) is 14.5 Å². The van der Waals surface area contributed by atoms with Crippen molar-refractivity contribution in [1.29, 1.82) is 0 Å². The van der Waals surface area contributed by atoms with E-state index < -0.39 is 18.4 Å². The summed E-state index contributed by atoms with van der Waals surface area (Å²) in [6.07, 6.45) is -3.00. The van der Waals surface area contributed by atoms with Crippen LogP contribution in [0.5, 0.6) is 11.5 Å². The number of anilines is 1. The number of rotatable bonds is 5. The van der Waals surface area contributed by atoms with Crippen LogP contribution in [-0.4, -0.2) is 38.6 Å². The molecule has 148 valence electrons. The quantitative estimate of drug-likeness (QED) is 0.852. The molecule has 1 saturated heterocycles. The van der Waals surface area contributed by atoms with Gasteiger partial charge in [0.15, 0.2) is 11.5 Å². The fourth-order valence-electron chi connectivity index (χ4n) is 3.55. The lowest BCUT2D eigenvalue weighted by atomic mass is 9.90. The molecule has 2 aromatic carbocycles. The third-order valence-corrected chi connectivity index (χ3v) is 5.24. The van der Waals surface area contributed by atoms with Crippen LogP contribution < -0.4 is 19.7 Å². The van der Waals surface area contributed by atoms with E-state index in [1.807, 2.05) is 42.5 Å². The summed E-state index contributed by atoms with van der Waals surface area (Å²) < 4.78 is 35.9. The molecule has 2 aliphatic rings. The molecule has 1 N–H and O–H groups in total. The lowest BCUT2D eigenvalue weighted by Crippen LogP contribution is -2.45. The topological polar surface area (TPSA) is 50.8 Å². The Hall–Kier alpha value is -2.83. The van der Waals surface area contributed by atoms with Crippen molar-refractivity contribution >= 4 is 11.6 Å². The SMILES string of the molecule is CC(NC(=O)C(F)F)c1ccc(C2CN(c3ccc4c(c3)OCCO4)C2)cc1. The minimum absolute atomic E-state index is 0.410. The van der Waals surface area contributed by atoms with Crippen LogP contribution in [0.1, 0.15) is 30.0 Å². The van der Waals surface area contributed by atoms with Crippen molar-refractivity contribution in [2.45, 2.75) is 25.3 Å². The van der Waals surface area contributed by atoms with Gasteiger partial charge in [-0.1, -0.05) is 24.3 Å². The van der Waals surface area contributed by atoms with E-state index in [1.165, 1.54) is 5.56 Å². The Morgan fingerprint density at radius 3 is 2.43 bits per heavy atom. The van der Waals surface area contributed by atoms with Crippen LogP contribution in [0.25, 0.3) is 0 Å². The van der Waals surface area contributed by atoms with Crippen molar-refractivity contribution < 1.29 is 23.0 Å². The van der Waals surface area contributed by atoms with Crippen LogP contribution in [0.2, 0.25) is 0 Å². The number of carbonyl (C=O) groups excluding carboxylic acids is 1. The largest absolute Gasteiger partial charge is 0.486 e. The van der Waals surface area contributed by atoms with Crippen molar-refractivity contribution in [1.82, 2.24) is 5.32 Å². The highest BCUT2D eigenvalue weighted by molar-refractivity contribution is 5.79. The summed E-state index contributed by atoms with van der Waals surface area (Å²) in [6.45, 7) is 4.65. The zero-order valence-electron chi connectivity index (χ0n) is 15.5. The third-order valence-electron chi connectivity index (χ3n) is 5.24. The molecule has 5 nitrogen and oxygen atoms in total. The highest BCUT2D eigenvalue weighted by atomic mass is 19.3. The van der Waals surface area contributed by atoms with E-state index >= 15 is 0 Å². The Bertz CT molecular complexity index is 851. The van der Waals surface area contributed by atoms with Gasteiger partial charge < -0.3 is 19.7 Å². The molecule has 0 radical (unpaired) electrons. The maximum atomic E-state index is 12.4. The van der Waals surface area contributed by atoms with Crippen molar-refractivity contribution in [2.24, 2.45) is 0 Å². The Balaban J connectivity index is 1.35. The summed E-state index contributed by atoms with van der Waals surface area (Å²) in [7, 11) is 0. The maximum Gasteiger partial charge on any atom is 0.315 e. The van der Waals surface area contributed by atoms with E-state index in [4.69, 9.17) is 9.47 Å². The second-order valence-corrected chi connectivity index (χ2v) is 7.13. The number of amides is 1. The number of hydrogen-bond acceptors (Lipinski definition) is 4. The summed E-state index contributed by atoms with van der Waals surface area (Å²) in [6, 6.07) is 13.3. The van der Waals surface area contributed by atoms with Gasteiger partial charge >= 0.3 is 6.43 Å². The molecule has 1 unspecified atom stereocenters. The highest BCUT2D eigenvalue weighted by Gasteiger charge is 2.29. The smallest absolute Gasteiger partial charge is 0.315 e. The number of nitrogens with one attached hydrogen (secondary N) is 1. The van der Waals surface area contributed by atoms with Crippen molar-refractivity contribution in [3.8, 4) is 11.5 Å². The number of alkyl halides is 2. The highest BCUT2D eigenvalue weighted by Crippen LogP contribution is 2.38. The minimum atomic E-state index is -3.00. The Morgan fingerprint density at radius 2 is 1.75 bits per heavy atom. The summed E-state index contributed by atoms with van der Waals surface area (Å²) >= 11 is 0. The van der Waals surface area contributed by atoms with Crippen LogP contribution in [0.3, 0.4) is 0 Å². The number of nitrogens with zero attached hydrogens (tertiary/aromatic N) is 1. The molecule has 0 bridgehead atoms. The first-order valence-corrected chi connectivity index (χ1v) is 9.34. The van der Waals surface area contributed by atoms with E-state index in [1.54, 1.807) is 6.92 Å². The third kappa shape index (κ3) is 3.74. The Morgan fingerprint density at radius 1 is 1.07 bits per heavy atom. The van der Waals surface area contributed by atoms with E-state index in [2.05, 4.69) is 10.2 Å². The number of carbonyl (C=O) groups is 1. The molecule has 28 heavy (non-hydrogen) atoms. The molecule has 0 aliphatic carbocycles. The van der Waals surface area contributed by atoms with Gasteiger partial charge in [0.1, 0.15) is 13.2 Å². The van der Waals surface area contributed by atoms with Gasteiger partial charge in [0.2, 0.25) is 0 Å². The number of halogens is 2. The van der Waals surface area contributed by atoms with Crippen molar-refractivity contribution in [2.75, 3.05) is 31.2 Å². The summed E-state index contributed by atoms with van der Waals surface area (Å²) in [5.41, 5.74) is 3.12. The van der Waals surface area contributed by atoms with E-state index in [0.717, 1.165) is 35.8 Å². The molecule has 7 heteroatoms. The normalized spacial score (nSPS) is 17.2. The van der Waals surface area contributed by atoms with Gasteiger partial charge in [0.05, 0.1) is 6.04 Å². The lowest BCUT2D eigenvalue weighted by Gasteiger charge is -2.41. The van der Waals surface area contributed by atoms with Gasteiger partial charge in [-0.2, -0.15) is 8.78 Å². The van der Waals surface area contributed by atoms with Gasteiger partial charge in [-0.05, 0) is 30.2 Å². The van der Waals surface area contributed by atoms with Gasteiger partial charge in [-0.3, -0.25) is 4.79 Å². The van der Waals surface area contributed by atoms with Crippen LogP contribution in [-0.2, 0) is 4.79 Å². The van der Waals surface area contributed by atoms with Gasteiger partial charge in [-0.15, -0.1) is 0 Å². The van der Waals surface area contributed by atoms with Gasteiger partial charge in [0.25, 0.3) is 5.91 Å². The number of hydrogen-bond donors (Lipinski definition) is 1. The summed E-state index contributed by atoms with van der Waals surface area (Å²) in [5, 5.41) is 2.31.